The van der Waals surface area contributed by atoms with Crippen molar-refractivity contribution in [2.45, 2.75) is 26.1 Å². The highest BCUT2D eigenvalue weighted by Gasteiger charge is 2.41. The molecule has 4 unspecified atom stereocenters. The minimum Gasteiger partial charge on any atom is -0.365 e. The lowest BCUT2D eigenvalue weighted by atomic mass is 9.88. The second-order valence-electron chi connectivity index (χ2n) is 3.43. The van der Waals surface area contributed by atoms with E-state index >= 15 is 0 Å². The first kappa shape index (κ1) is 7.04. The number of ether oxygens (including phenoxy) is 1. The number of carbonyl (C=O) groups is 1. The van der Waals surface area contributed by atoms with Gasteiger partial charge in [-0.2, -0.15) is 0 Å². The molecule has 0 aliphatic carbocycles. The van der Waals surface area contributed by atoms with E-state index in [1.807, 2.05) is 26.0 Å². The molecule has 2 bridgehead atoms. The normalized spacial score (nSPS) is 48.4. The fourth-order valence-corrected chi connectivity index (χ4v) is 1.80. The van der Waals surface area contributed by atoms with Crippen molar-refractivity contribution < 1.29 is 9.53 Å². The molecule has 0 spiro atoms. The molecule has 4 atom stereocenters. The first-order chi connectivity index (χ1) is 5.20. The molecule has 0 saturated carbocycles. The van der Waals surface area contributed by atoms with Crippen molar-refractivity contribution in [3.63, 3.8) is 0 Å². The van der Waals surface area contributed by atoms with Gasteiger partial charge in [-0.15, -0.1) is 0 Å². The number of hydrogen-bond acceptors (Lipinski definition) is 2. The maximum absolute atomic E-state index is 11.5. The molecule has 0 aromatic carbocycles. The molecule has 0 radical (unpaired) electrons. The Labute approximate surface area is 66.2 Å². The van der Waals surface area contributed by atoms with Crippen molar-refractivity contribution in [1.82, 2.24) is 0 Å². The molecule has 0 aromatic heterocycles. The Morgan fingerprint density at radius 3 is 2.09 bits per heavy atom. The lowest BCUT2D eigenvalue weighted by Crippen LogP contribution is -2.40. The van der Waals surface area contributed by atoms with Crippen molar-refractivity contribution in [2.75, 3.05) is 0 Å². The zero-order valence-electron chi connectivity index (χ0n) is 6.78. The predicted molar refractivity (Wildman–Crippen MR) is 41.1 cm³/mol. The zero-order chi connectivity index (χ0) is 8.01. The highest BCUT2D eigenvalue weighted by atomic mass is 16.5. The van der Waals surface area contributed by atoms with Gasteiger partial charge in [0.05, 0.1) is 12.2 Å². The van der Waals surface area contributed by atoms with Crippen LogP contribution in [0.15, 0.2) is 12.2 Å². The lowest BCUT2D eigenvalue weighted by molar-refractivity contribution is -0.142. The third-order valence-electron chi connectivity index (χ3n) is 2.69. The Hall–Kier alpha value is -0.630. The summed E-state index contributed by atoms with van der Waals surface area (Å²) in [5, 5.41) is 0. The molecule has 0 N–H and O–H groups in total. The van der Waals surface area contributed by atoms with Gasteiger partial charge >= 0.3 is 0 Å². The van der Waals surface area contributed by atoms with Gasteiger partial charge in [-0.1, -0.05) is 26.0 Å². The minimum atomic E-state index is 0.0556. The summed E-state index contributed by atoms with van der Waals surface area (Å²) in [6.07, 6.45) is 4.14. The van der Waals surface area contributed by atoms with Crippen LogP contribution in [0.3, 0.4) is 0 Å². The Balaban J connectivity index is 2.29. The van der Waals surface area contributed by atoms with Gasteiger partial charge in [0.2, 0.25) is 0 Å². The Kier molecular flexibility index (Phi) is 1.39. The summed E-state index contributed by atoms with van der Waals surface area (Å²) >= 11 is 0. The molecule has 1 fully saturated rings. The average Bonchev–Trinajstić information content (AvgIpc) is 2.44. The van der Waals surface area contributed by atoms with Gasteiger partial charge in [0.25, 0.3) is 0 Å². The van der Waals surface area contributed by atoms with E-state index in [1.165, 1.54) is 0 Å². The van der Waals surface area contributed by atoms with Crippen molar-refractivity contribution in [3.05, 3.63) is 12.2 Å². The summed E-state index contributed by atoms with van der Waals surface area (Å²) in [5.74, 6) is 0.455. The smallest absolute Gasteiger partial charge is 0.144 e. The molecular formula is C9H12O2. The topological polar surface area (TPSA) is 26.3 Å². The van der Waals surface area contributed by atoms with E-state index < -0.39 is 0 Å². The Bertz CT molecular complexity index is 200. The molecule has 11 heavy (non-hydrogen) atoms. The molecule has 2 heteroatoms. The highest BCUT2D eigenvalue weighted by Crippen LogP contribution is 2.32. The standard InChI is InChI=1S/C9H12O2/c1-5-7-3-4-8(11-7)6(2)9(5)10/h3-8H,1-2H3. The monoisotopic (exact) mass is 152 g/mol. The van der Waals surface area contributed by atoms with E-state index in [1.54, 1.807) is 0 Å². The van der Waals surface area contributed by atoms with E-state index in [0.29, 0.717) is 5.78 Å². The van der Waals surface area contributed by atoms with Crippen molar-refractivity contribution in [3.8, 4) is 0 Å². The second-order valence-corrected chi connectivity index (χ2v) is 3.43. The van der Waals surface area contributed by atoms with Crippen molar-refractivity contribution in [1.29, 1.82) is 0 Å². The Morgan fingerprint density at radius 2 is 1.64 bits per heavy atom. The van der Waals surface area contributed by atoms with Crippen LogP contribution in [0.2, 0.25) is 0 Å². The van der Waals surface area contributed by atoms with Gasteiger partial charge in [0.15, 0.2) is 0 Å². The van der Waals surface area contributed by atoms with E-state index in [0.717, 1.165) is 0 Å². The molecule has 0 aromatic rings. The van der Waals surface area contributed by atoms with Crippen LogP contribution in [0.4, 0.5) is 0 Å². The van der Waals surface area contributed by atoms with Gasteiger partial charge < -0.3 is 4.74 Å². The van der Waals surface area contributed by atoms with Crippen LogP contribution in [-0.4, -0.2) is 18.0 Å². The third kappa shape index (κ3) is 0.857. The van der Waals surface area contributed by atoms with E-state index in [-0.39, 0.29) is 24.0 Å². The van der Waals surface area contributed by atoms with E-state index in [4.69, 9.17) is 4.74 Å². The van der Waals surface area contributed by atoms with Crippen LogP contribution in [0.1, 0.15) is 13.8 Å². The molecule has 2 aliphatic heterocycles. The quantitative estimate of drug-likeness (QED) is 0.487. The van der Waals surface area contributed by atoms with Crippen LogP contribution >= 0.6 is 0 Å². The van der Waals surface area contributed by atoms with Gasteiger partial charge in [-0.3, -0.25) is 4.79 Å². The molecule has 2 aliphatic rings. The molecular weight excluding hydrogens is 140 g/mol. The maximum atomic E-state index is 11.5. The van der Waals surface area contributed by atoms with Crippen LogP contribution in [-0.2, 0) is 9.53 Å². The van der Waals surface area contributed by atoms with Crippen molar-refractivity contribution >= 4 is 5.78 Å². The molecule has 2 heterocycles. The maximum Gasteiger partial charge on any atom is 0.144 e. The van der Waals surface area contributed by atoms with Gasteiger partial charge in [0, 0.05) is 11.8 Å². The number of rotatable bonds is 0. The molecule has 2 rings (SSSR count). The van der Waals surface area contributed by atoms with Crippen LogP contribution in [0, 0.1) is 11.8 Å². The van der Waals surface area contributed by atoms with Crippen LogP contribution < -0.4 is 0 Å². The predicted octanol–water partition coefficient (Wildman–Crippen LogP) is 1.16. The number of Topliss-reactive ketones (excluding diaryl/α,β-unsaturated/α-hetero) is 1. The van der Waals surface area contributed by atoms with Gasteiger partial charge in [-0.05, 0) is 0 Å². The van der Waals surface area contributed by atoms with E-state index in [2.05, 4.69) is 0 Å². The van der Waals surface area contributed by atoms with E-state index in [9.17, 15) is 4.79 Å². The first-order valence-electron chi connectivity index (χ1n) is 4.07. The third-order valence-corrected chi connectivity index (χ3v) is 2.69. The number of ketones is 1. The summed E-state index contributed by atoms with van der Waals surface area (Å²) in [4.78, 5) is 11.5. The Morgan fingerprint density at radius 1 is 1.18 bits per heavy atom. The molecule has 60 valence electrons. The molecule has 0 amide bonds. The number of carbonyl (C=O) groups excluding carboxylic acids is 1. The van der Waals surface area contributed by atoms with Crippen LogP contribution in [0.5, 0.6) is 0 Å². The van der Waals surface area contributed by atoms with Crippen molar-refractivity contribution in [2.24, 2.45) is 11.8 Å². The second kappa shape index (κ2) is 2.18. The average molecular weight is 152 g/mol. The minimum absolute atomic E-state index is 0.0556. The summed E-state index contributed by atoms with van der Waals surface area (Å²) in [6, 6.07) is 0. The molecule has 1 saturated heterocycles. The first-order valence-corrected chi connectivity index (χ1v) is 4.07. The fourth-order valence-electron chi connectivity index (χ4n) is 1.80. The summed E-state index contributed by atoms with van der Waals surface area (Å²) < 4.78 is 5.56. The van der Waals surface area contributed by atoms with Gasteiger partial charge in [-0.25, -0.2) is 0 Å². The summed E-state index contributed by atoms with van der Waals surface area (Å²) in [5.41, 5.74) is 0. The lowest BCUT2D eigenvalue weighted by Gasteiger charge is -2.30. The summed E-state index contributed by atoms with van der Waals surface area (Å²) in [6.45, 7) is 3.88. The largest absolute Gasteiger partial charge is 0.365 e. The summed E-state index contributed by atoms with van der Waals surface area (Å²) in [7, 11) is 0. The zero-order valence-corrected chi connectivity index (χ0v) is 6.78. The SMILES string of the molecule is CC1C(=O)C(C)C2C=CC1O2. The number of hydrogen-bond donors (Lipinski definition) is 0. The van der Waals surface area contributed by atoms with Crippen LogP contribution in [0.25, 0.3) is 0 Å². The highest BCUT2D eigenvalue weighted by molar-refractivity contribution is 5.85. The fraction of sp³-hybridized carbons (Fsp3) is 0.667. The number of fused-ring (bicyclic) bond motifs is 2. The van der Waals surface area contributed by atoms with Gasteiger partial charge in [0.1, 0.15) is 5.78 Å². The molecule has 2 nitrogen and oxygen atoms in total.